The van der Waals surface area contributed by atoms with Crippen molar-refractivity contribution in [1.82, 2.24) is 0 Å². The molecule has 1 aromatic rings. The van der Waals surface area contributed by atoms with Gasteiger partial charge in [-0.15, -0.1) is 0 Å². The summed E-state index contributed by atoms with van der Waals surface area (Å²) in [7, 11) is 0. The van der Waals surface area contributed by atoms with Gasteiger partial charge in [0.25, 0.3) is 0 Å². The Morgan fingerprint density at radius 3 is 2.47 bits per heavy atom. The van der Waals surface area contributed by atoms with Crippen molar-refractivity contribution in [2.75, 3.05) is 0 Å². The zero-order valence-corrected chi connectivity index (χ0v) is 7.90. The smallest absolute Gasteiger partial charge is 0.194 e. The summed E-state index contributed by atoms with van der Waals surface area (Å²) in [4.78, 5) is 11.3. The Balaban J connectivity index is 2.45. The number of carbonyl (C=O) groups is 1. The molecular weight excluding hydrogens is 205 g/mol. The lowest BCUT2D eigenvalue weighted by atomic mass is 9.96. The minimum absolute atomic E-state index is 0.0172. The summed E-state index contributed by atoms with van der Waals surface area (Å²) < 4.78 is 38.9. The van der Waals surface area contributed by atoms with Crippen LogP contribution in [0.4, 0.5) is 13.2 Å². The van der Waals surface area contributed by atoms with Crippen LogP contribution in [-0.2, 0) is 4.79 Å². The van der Waals surface area contributed by atoms with Crippen LogP contribution in [0.2, 0.25) is 0 Å². The molecule has 1 fully saturated rings. The van der Waals surface area contributed by atoms with Crippen LogP contribution in [0.1, 0.15) is 30.7 Å². The zero-order valence-electron chi connectivity index (χ0n) is 7.90. The maximum Gasteiger partial charge on any atom is 0.194 e. The molecule has 2 rings (SSSR count). The summed E-state index contributed by atoms with van der Waals surface area (Å²) in [6.07, 6.45) is 1.59. The highest BCUT2D eigenvalue weighted by molar-refractivity contribution is 5.87. The lowest BCUT2D eigenvalue weighted by molar-refractivity contribution is -0.118. The Bertz CT molecular complexity index is 415. The molecule has 0 heterocycles. The van der Waals surface area contributed by atoms with Crippen LogP contribution < -0.4 is 0 Å². The number of ketones is 1. The predicted molar refractivity (Wildman–Crippen MR) is 47.9 cm³/mol. The molecule has 1 aromatic carbocycles. The van der Waals surface area contributed by atoms with E-state index in [4.69, 9.17) is 0 Å². The van der Waals surface area contributed by atoms with Crippen molar-refractivity contribution in [3.63, 3.8) is 0 Å². The van der Waals surface area contributed by atoms with Gasteiger partial charge in [-0.1, -0.05) is 6.07 Å². The minimum atomic E-state index is -1.49. The van der Waals surface area contributed by atoms with Crippen LogP contribution in [0.15, 0.2) is 12.1 Å². The number of benzene rings is 1. The molecule has 0 radical (unpaired) electrons. The van der Waals surface area contributed by atoms with Gasteiger partial charge in [-0.2, -0.15) is 0 Å². The molecule has 1 aliphatic carbocycles. The van der Waals surface area contributed by atoms with Gasteiger partial charge in [-0.05, 0) is 18.9 Å². The van der Waals surface area contributed by atoms with E-state index in [1.807, 2.05) is 0 Å². The lowest BCUT2D eigenvalue weighted by Gasteiger charge is -2.09. The summed E-state index contributed by atoms with van der Waals surface area (Å²) >= 11 is 0. The van der Waals surface area contributed by atoms with Gasteiger partial charge < -0.3 is 0 Å². The highest BCUT2D eigenvalue weighted by atomic mass is 19.2. The number of Topliss-reactive ketones (excluding diaryl/α,β-unsaturated/α-hetero) is 1. The van der Waals surface area contributed by atoms with Crippen molar-refractivity contribution < 1.29 is 18.0 Å². The molecule has 0 N–H and O–H groups in total. The Kier molecular flexibility index (Phi) is 2.50. The van der Waals surface area contributed by atoms with Gasteiger partial charge >= 0.3 is 0 Å². The molecule has 1 saturated carbocycles. The Labute approximate surface area is 84.9 Å². The fourth-order valence-electron chi connectivity index (χ4n) is 1.95. The normalized spacial score (nSPS) is 21.0. The molecule has 0 aromatic heterocycles. The summed E-state index contributed by atoms with van der Waals surface area (Å²) in [5.74, 6) is -4.64. The van der Waals surface area contributed by atoms with Gasteiger partial charge in [0.2, 0.25) is 0 Å². The molecule has 0 aliphatic heterocycles. The first-order valence-electron chi connectivity index (χ1n) is 4.77. The van der Waals surface area contributed by atoms with Crippen LogP contribution in [-0.4, -0.2) is 5.78 Å². The monoisotopic (exact) mass is 214 g/mol. The molecule has 0 amide bonds. The third kappa shape index (κ3) is 1.64. The number of carbonyl (C=O) groups excluding carboxylic acids is 1. The fraction of sp³-hybridized carbons (Fsp3) is 0.364. The molecule has 0 bridgehead atoms. The highest BCUT2D eigenvalue weighted by Crippen LogP contribution is 2.33. The average Bonchev–Trinajstić information content (AvgIpc) is 2.62. The van der Waals surface area contributed by atoms with E-state index in [0.717, 1.165) is 12.1 Å². The van der Waals surface area contributed by atoms with Crippen molar-refractivity contribution in [2.45, 2.75) is 25.2 Å². The van der Waals surface area contributed by atoms with Crippen molar-refractivity contribution in [2.24, 2.45) is 0 Å². The molecule has 1 atom stereocenters. The van der Waals surface area contributed by atoms with E-state index < -0.39 is 23.4 Å². The van der Waals surface area contributed by atoms with Crippen molar-refractivity contribution in [1.29, 1.82) is 0 Å². The molecule has 1 unspecified atom stereocenters. The van der Waals surface area contributed by atoms with Gasteiger partial charge in [0.15, 0.2) is 17.5 Å². The lowest BCUT2D eigenvalue weighted by Crippen LogP contribution is -2.08. The van der Waals surface area contributed by atoms with Crippen LogP contribution in [0.3, 0.4) is 0 Å². The third-order valence-electron chi connectivity index (χ3n) is 2.75. The minimum Gasteiger partial charge on any atom is -0.299 e. The first kappa shape index (κ1) is 10.2. The van der Waals surface area contributed by atoms with E-state index in [-0.39, 0.29) is 11.3 Å². The summed E-state index contributed by atoms with van der Waals surface area (Å²) in [5, 5.41) is 0. The highest BCUT2D eigenvalue weighted by Gasteiger charge is 2.29. The van der Waals surface area contributed by atoms with E-state index >= 15 is 0 Å². The second-order valence-corrected chi connectivity index (χ2v) is 3.68. The number of hydrogen-bond donors (Lipinski definition) is 0. The second kappa shape index (κ2) is 3.68. The van der Waals surface area contributed by atoms with Gasteiger partial charge in [0, 0.05) is 17.9 Å². The van der Waals surface area contributed by atoms with E-state index in [0.29, 0.717) is 19.3 Å². The predicted octanol–water partition coefficient (Wildman–Crippen LogP) is 2.94. The van der Waals surface area contributed by atoms with Crippen molar-refractivity contribution in [3.8, 4) is 0 Å². The summed E-state index contributed by atoms with van der Waals surface area (Å²) in [6, 6.07) is 2.01. The van der Waals surface area contributed by atoms with Crippen LogP contribution in [0.25, 0.3) is 0 Å². The molecule has 0 spiro atoms. The molecule has 80 valence electrons. The average molecular weight is 214 g/mol. The Hall–Kier alpha value is -1.32. The molecule has 1 nitrogen and oxygen atoms in total. The zero-order chi connectivity index (χ0) is 11.0. The van der Waals surface area contributed by atoms with E-state index in [1.165, 1.54) is 0 Å². The SMILES string of the molecule is O=C1CCCC1c1ccc(F)c(F)c1F. The topological polar surface area (TPSA) is 17.1 Å². The second-order valence-electron chi connectivity index (χ2n) is 3.68. The van der Waals surface area contributed by atoms with Gasteiger partial charge in [0.05, 0.1) is 0 Å². The van der Waals surface area contributed by atoms with Gasteiger partial charge in [-0.3, -0.25) is 4.79 Å². The van der Waals surface area contributed by atoms with Crippen molar-refractivity contribution in [3.05, 3.63) is 35.1 Å². The van der Waals surface area contributed by atoms with Gasteiger partial charge in [-0.25, -0.2) is 13.2 Å². The van der Waals surface area contributed by atoms with Crippen LogP contribution in [0.5, 0.6) is 0 Å². The summed E-state index contributed by atoms with van der Waals surface area (Å²) in [5.41, 5.74) is -0.0172. The molecule has 15 heavy (non-hydrogen) atoms. The molecular formula is C11H9F3O. The third-order valence-corrected chi connectivity index (χ3v) is 2.75. The van der Waals surface area contributed by atoms with E-state index in [9.17, 15) is 18.0 Å². The largest absolute Gasteiger partial charge is 0.299 e. The van der Waals surface area contributed by atoms with Crippen molar-refractivity contribution >= 4 is 5.78 Å². The summed E-state index contributed by atoms with van der Waals surface area (Å²) in [6.45, 7) is 0. The number of hydrogen-bond acceptors (Lipinski definition) is 1. The van der Waals surface area contributed by atoms with E-state index in [2.05, 4.69) is 0 Å². The quantitative estimate of drug-likeness (QED) is 0.657. The Morgan fingerprint density at radius 2 is 1.87 bits per heavy atom. The molecule has 1 aliphatic rings. The maximum absolute atomic E-state index is 13.3. The standard InChI is InChI=1S/C11H9F3O/c12-8-5-4-7(10(13)11(8)14)6-2-1-3-9(6)15/h4-6H,1-3H2. The first-order chi connectivity index (χ1) is 7.11. The van der Waals surface area contributed by atoms with E-state index in [1.54, 1.807) is 0 Å². The Morgan fingerprint density at radius 1 is 1.13 bits per heavy atom. The molecule has 4 heteroatoms. The fourth-order valence-corrected chi connectivity index (χ4v) is 1.95. The number of halogens is 3. The van der Waals surface area contributed by atoms with Crippen LogP contribution >= 0.6 is 0 Å². The maximum atomic E-state index is 13.3. The van der Waals surface area contributed by atoms with Gasteiger partial charge in [0.1, 0.15) is 5.78 Å². The number of rotatable bonds is 1. The first-order valence-corrected chi connectivity index (χ1v) is 4.77. The molecule has 0 saturated heterocycles. The van der Waals surface area contributed by atoms with Crippen LogP contribution in [0, 0.1) is 17.5 Å².